The van der Waals surface area contributed by atoms with E-state index >= 15 is 0 Å². The predicted molar refractivity (Wildman–Crippen MR) is 50.5 cm³/mol. The van der Waals surface area contributed by atoms with Gasteiger partial charge in [-0.2, -0.15) is 0 Å². The molecule has 0 saturated heterocycles. The standard InChI is InChI=1S/C9H14ClN/c1-3-4-5-6-11-8-9(2)7-10/h7,11H,5-6,8H2,1-2H3. The summed E-state index contributed by atoms with van der Waals surface area (Å²) < 4.78 is 0. The van der Waals surface area contributed by atoms with E-state index in [4.69, 9.17) is 11.6 Å². The lowest BCUT2D eigenvalue weighted by Crippen LogP contribution is -2.16. The first kappa shape index (κ1) is 10.6. The van der Waals surface area contributed by atoms with Gasteiger partial charge < -0.3 is 5.32 Å². The minimum Gasteiger partial charge on any atom is -0.312 e. The Balaban J connectivity index is 3.19. The lowest BCUT2D eigenvalue weighted by atomic mass is 10.3. The maximum atomic E-state index is 5.46. The summed E-state index contributed by atoms with van der Waals surface area (Å²) in [6, 6.07) is 0. The summed E-state index contributed by atoms with van der Waals surface area (Å²) in [6.45, 7) is 5.63. The van der Waals surface area contributed by atoms with Crippen molar-refractivity contribution >= 4 is 11.6 Å². The molecule has 0 aliphatic carbocycles. The molecule has 0 bridgehead atoms. The minimum absolute atomic E-state index is 0.856. The Kier molecular flexibility index (Phi) is 7.34. The molecule has 0 aliphatic rings. The molecule has 0 aromatic carbocycles. The fourth-order valence-electron chi connectivity index (χ4n) is 0.600. The zero-order chi connectivity index (χ0) is 8.53. The molecule has 0 amide bonds. The zero-order valence-corrected chi connectivity index (χ0v) is 7.83. The summed E-state index contributed by atoms with van der Waals surface area (Å²) in [5, 5.41) is 3.22. The molecule has 0 saturated carbocycles. The van der Waals surface area contributed by atoms with Crippen LogP contribution in [-0.2, 0) is 0 Å². The van der Waals surface area contributed by atoms with Gasteiger partial charge in [-0.05, 0) is 19.4 Å². The maximum absolute atomic E-state index is 5.46. The molecule has 0 unspecified atom stereocenters. The quantitative estimate of drug-likeness (QED) is 0.505. The van der Waals surface area contributed by atoms with Crippen molar-refractivity contribution in [1.29, 1.82) is 0 Å². The highest BCUT2D eigenvalue weighted by Crippen LogP contribution is 1.91. The van der Waals surface area contributed by atoms with Crippen LogP contribution in [0.1, 0.15) is 20.3 Å². The van der Waals surface area contributed by atoms with Crippen molar-refractivity contribution in [2.24, 2.45) is 0 Å². The Bertz CT molecular complexity index is 174. The first-order valence-electron chi connectivity index (χ1n) is 3.67. The number of hydrogen-bond acceptors (Lipinski definition) is 1. The highest BCUT2D eigenvalue weighted by atomic mass is 35.5. The van der Waals surface area contributed by atoms with Gasteiger partial charge in [-0.1, -0.05) is 11.6 Å². The van der Waals surface area contributed by atoms with Gasteiger partial charge in [0.2, 0.25) is 0 Å². The first-order chi connectivity index (χ1) is 5.31. The molecule has 0 heterocycles. The van der Waals surface area contributed by atoms with Crippen molar-refractivity contribution in [3.8, 4) is 11.8 Å². The average molecular weight is 172 g/mol. The van der Waals surface area contributed by atoms with Crippen LogP contribution in [0, 0.1) is 11.8 Å². The largest absolute Gasteiger partial charge is 0.312 e. The molecule has 2 heteroatoms. The lowest BCUT2D eigenvalue weighted by Gasteiger charge is -1.99. The van der Waals surface area contributed by atoms with Crippen LogP contribution in [-0.4, -0.2) is 13.1 Å². The van der Waals surface area contributed by atoms with Gasteiger partial charge in [0.25, 0.3) is 0 Å². The fourth-order valence-corrected chi connectivity index (χ4v) is 0.677. The molecule has 11 heavy (non-hydrogen) atoms. The molecule has 0 spiro atoms. The van der Waals surface area contributed by atoms with Crippen LogP contribution in [0.15, 0.2) is 11.1 Å². The summed E-state index contributed by atoms with van der Waals surface area (Å²) in [5.41, 5.74) is 2.74. The van der Waals surface area contributed by atoms with Crippen molar-refractivity contribution in [2.75, 3.05) is 13.1 Å². The second kappa shape index (κ2) is 7.65. The van der Waals surface area contributed by atoms with Crippen molar-refractivity contribution in [2.45, 2.75) is 20.3 Å². The van der Waals surface area contributed by atoms with Crippen molar-refractivity contribution in [3.63, 3.8) is 0 Å². The SMILES string of the molecule is CC#CCCNCC(C)=CCl. The Hall–Kier alpha value is -0.450. The van der Waals surface area contributed by atoms with E-state index < -0.39 is 0 Å². The molecule has 0 aromatic heterocycles. The van der Waals surface area contributed by atoms with Crippen molar-refractivity contribution < 1.29 is 0 Å². The molecule has 1 nitrogen and oxygen atoms in total. The molecular weight excluding hydrogens is 158 g/mol. The van der Waals surface area contributed by atoms with Crippen molar-refractivity contribution in [1.82, 2.24) is 5.32 Å². The number of halogens is 1. The van der Waals surface area contributed by atoms with E-state index in [1.165, 1.54) is 0 Å². The molecule has 0 atom stereocenters. The molecule has 0 fully saturated rings. The summed E-state index contributed by atoms with van der Waals surface area (Å²) in [5.74, 6) is 5.81. The zero-order valence-electron chi connectivity index (χ0n) is 7.08. The van der Waals surface area contributed by atoms with E-state index in [0.29, 0.717) is 0 Å². The Labute approximate surface area is 73.8 Å². The summed E-state index contributed by atoms with van der Waals surface area (Å²) in [7, 11) is 0. The smallest absolute Gasteiger partial charge is 0.0214 e. The minimum atomic E-state index is 0.856. The van der Waals surface area contributed by atoms with Gasteiger partial charge in [0, 0.05) is 25.0 Å². The van der Waals surface area contributed by atoms with Gasteiger partial charge in [0.15, 0.2) is 0 Å². The van der Waals surface area contributed by atoms with Crippen molar-refractivity contribution in [3.05, 3.63) is 11.1 Å². The van der Waals surface area contributed by atoms with Crippen LogP contribution in [0.4, 0.5) is 0 Å². The van der Waals surface area contributed by atoms with Crippen LogP contribution in [0.2, 0.25) is 0 Å². The van der Waals surface area contributed by atoms with Gasteiger partial charge in [-0.25, -0.2) is 0 Å². The van der Waals surface area contributed by atoms with Gasteiger partial charge in [0.05, 0.1) is 0 Å². The van der Waals surface area contributed by atoms with Crippen LogP contribution in [0.5, 0.6) is 0 Å². The molecular formula is C9H14ClN. The normalized spacial score (nSPS) is 10.6. The van der Waals surface area contributed by atoms with Crippen LogP contribution >= 0.6 is 11.6 Å². The second-order valence-electron chi connectivity index (χ2n) is 2.31. The van der Waals surface area contributed by atoms with E-state index in [0.717, 1.165) is 25.1 Å². The van der Waals surface area contributed by atoms with E-state index in [9.17, 15) is 0 Å². The number of nitrogens with one attached hydrogen (secondary N) is 1. The molecule has 0 aliphatic heterocycles. The summed E-state index contributed by atoms with van der Waals surface area (Å²) >= 11 is 5.46. The van der Waals surface area contributed by atoms with E-state index in [1.807, 2.05) is 13.8 Å². The van der Waals surface area contributed by atoms with Crippen LogP contribution in [0.25, 0.3) is 0 Å². The number of rotatable bonds is 4. The fraction of sp³-hybridized carbons (Fsp3) is 0.556. The molecule has 1 N–H and O–H groups in total. The predicted octanol–water partition coefficient (Wildman–Crippen LogP) is 2.13. The third-order valence-corrected chi connectivity index (χ3v) is 1.57. The summed E-state index contributed by atoms with van der Waals surface area (Å²) in [4.78, 5) is 0. The Morgan fingerprint density at radius 3 is 2.91 bits per heavy atom. The Morgan fingerprint density at radius 2 is 2.36 bits per heavy atom. The topological polar surface area (TPSA) is 12.0 Å². The van der Waals surface area contributed by atoms with Crippen LogP contribution < -0.4 is 5.32 Å². The van der Waals surface area contributed by atoms with E-state index in [1.54, 1.807) is 5.54 Å². The van der Waals surface area contributed by atoms with E-state index in [-0.39, 0.29) is 0 Å². The third-order valence-electron chi connectivity index (χ3n) is 1.19. The molecule has 0 radical (unpaired) electrons. The van der Waals surface area contributed by atoms with E-state index in [2.05, 4.69) is 17.2 Å². The Morgan fingerprint density at radius 1 is 1.64 bits per heavy atom. The average Bonchev–Trinajstić information content (AvgIpc) is 2.04. The monoisotopic (exact) mass is 171 g/mol. The van der Waals surface area contributed by atoms with Crippen LogP contribution in [0.3, 0.4) is 0 Å². The highest BCUT2D eigenvalue weighted by Gasteiger charge is 1.86. The molecule has 0 rings (SSSR count). The van der Waals surface area contributed by atoms with Gasteiger partial charge in [-0.15, -0.1) is 11.8 Å². The summed E-state index contributed by atoms with van der Waals surface area (Å²) in [6.07, 6.45) is 0.909. The maximum Gasteiger partial charge on any atom is 0.0214 e. The van der Waals surface area contributed by atoms with Gasteiger partial charge in [-0.3, -0.25) is 0 Å². The number of hydrogen-bond donors (Lipinski definition) is 1. The second-order valence-corrected chi connectivity index (χ2v) is 2.53. The lowest BCUT2D eigenvalue weighted by molar-refractivity contribution is 0.746. The van der Waals surface area contributed by atoms with Gasteiger partial charge in [0.1, 0.15) is 0 Å². The first-order valence-corrected chi connectivity index (χ1v) is 4.11. The van der Waals surface area contributed by atoms with Gasteiger partial charge >= 0.3 is 0 Å². The highest BCUT2D eigenvalue weighted by molar-refractivity contribution is 6.25. The molecule has 62 valence electrons. The molecule has 0 aromatic rings. The third kappa shape index (κ3) is 7.45.